The van der Waals surface area contributed by atoms with Crippen LogP contribution in [-0.4, -0.2) is 36.0 Å². The number of nitrogens with zero attached hydrogens (tertiary/aromatic N) is 3. The first-order valence-corrected chi connectivity index (χ1v) is 11.5. The van der Waals surface area contributed by atoms with E-state index in [1.165, 1.54) is 0 Å². The van der Waals surface area contributed by atoms with Crippen LogP contribution in [0.1, 0.15) is 18.4 Å². The zero-order valence-electron chi connectivity index (χ0n) is 16.1. The Morgan fingerprint density at radius 3 is 2.72 bits per heavy atom. The summed E-state index contributed by atoms with van der Waals surface area (Å²) < 4.78 is 0. The molecule has 4 rings (SSSR count). The van der Waals surface area contributed by atoms with E-state index >= 15 is 0 Å². The molecule has 0 spiro atoms. The maximum absolute atomic E-state index is 6.33. The Labute approximate surface area is 185 Å². The molecule has 4 nitrogen and oxygen atoms in total. The second kappa shape index (κ2) is 8.42. The normalized spacial score (nSPS) is 21.3. The van der Waals surface area contributed by atoms with Crippen LogP contribution in [0.3, 0.4) is 0 Å². The third kappa shape index (κ3) is 3.91. The van der Waals surface area contributed by atoms with Gasteiger partial charge in [-0.25, -0.2) is 4.99 Å². The van der Waals surface area contributed by atoms with Gasteiger partial charge < -0.3 is 5.73 Å². The van der Waals surface area contributed by atoms with E-state index in [9.17, 15) is 0 Å². The van der Waals surface area contributed by atoms with Crippen LogP contribution >= 0.6 is 35.0 Å². The molecule has 0 aromatic heterocycles. The summed E-state index contributed by atoms with van der Waals surface area (Å²) >= 11 is 14.1. The van der Waals surface area contributed by atoms with Crippen molar-refractivity contribution in [1.29, 1.82) is 0 Å². The van der Waals surface area contributed by atoms with E-state index in [2.05, 4.69) is 34.6 Å². The molecule has 2 N–H and O–H groups in total. The standard InChI is InChI=1S/C22H22Cl2N4S/c1-29-10-3-7-22(20-26-8-4-9-28(20)21(25)27-22)17-6-2-5-15(11-17)16-12-18(23)14-19(24)13-16/h2-3,5-6,10-14H,4,7-9H2,1H3,(H2,25,27)/b10-3-. The lowest BCUT2D eigenvalue weighted by atomic mass is 9.84. The van der Waals surface area contributed by atoms with E-state index in [1.807, 2.05) is 24.5 Å². The molecule has 2 aromatic carbocycles. The Morgan fingerprint density at radius 2 is 1.97 bits per heavy atom. The lowest BCUT2D eigenvalue weighted by Crippen LogP contribution is -2.45. The summed E-state index contributed by atoms with van der Waals surface area (Å²) in [7, 11) is 0. The van der Waals surface area contributed by atoms with Gasteiger partial charge in [0.15, 0.2) is 11.5 Å². The number of halogens is 2. The summed E-state index contributed by atoms with van der Waals surface area (Å²) in [6.07, 6.45) is 5.87. The summed E-state index contributed by atoms with van der Waals surface area (Å²) in [5, 5.41) is 3.31. The number of hydrogen-bond acceptors (Lipinski definition) is 5. The number of rotatable bonds is 5. The molecule has 2 aliphatic rings. The summed E-state index contributed by atoms with van der Waals surface area (Å²) in [4.78, 5) is 11.9. The number of benzene rings is 2. The fraction of sp³-hybridized carbons (Fsp3) is 0.273. The molecule has 150 valence electrons. The van der Waals surface area contributed by atoms with E-state index in [0.717, 1.165) is 42.0 Å². The Bertz CT molecular complexity index is 997. The van der Waals surface area contributed by atoms with Crippen LogP contribution in [0.5, 0.6) is 0 Å². The van der Waals surface area contributed by atoms with Gasteiger partial charge in [-0.1, -0.05) is 47.5 Å². The van der Waals surface area contributed by atoms with Crippen LogP contribution in [0, 0.1) is 0 Å². The molecule has 1 atom stereocenters. The second-order valence-electron chi connectivity index (χ2n) is 7.09. The van der Waals surface area contributed by atoms with Gasteiger partial charge in [0.2, 0.25) is 0 Å². The summed E-state index contributed by atoms with van der Waals surface area (Å²) in [6, 6.07) is 13.9. The van der Waals surface area contributed by atoms with Crippen LogP contribution in [0.4, 0.5) is 0 Å². The zero-order chi connectivity index (χ0) is 20.4. The van der Waals surface area contributed by atoms with Crippen molar-refractivity contribution >= 4 is 46.8 Å². The fourth-order valence-corrected chi connectivity index (χ4v) is 4.74. The predicted octanol–water partition coefficient (Wildman–Crippen LogP) is 5.56. The monoisotopic (exact) mass is 444 g/mol. The molecular weight excluding hydrogens is 423 g/mol. The smallest absolute Gasteiger partial charge is 0.198 e. The summed E-state index contributed by atoms with van der Waals surface area (Å²) in [5.74, 6) is 1.48. The molecule has 0 fully saturated rings. The fourth-order valence-electron chi connectivity index (χ4n) is 3.93. The van der Waals surface area contributed by atoms with Gasteiger partial charge >= 0.3 is 0 Å². The molecule has 7 heteroatoms. The zero-order valence-corrected chi connectivity index (χ0v) is 18.4. The number of thioether (sulfide) groups is 1. The molecule has 0 saturated carbocycles. The maximum atomic E-state index is 6.33. The first kappa shape index (κ1) is 20.3. The third-order valence-electron chi connectivity index (χ3n) is 5.19. The van der Waals surface area contributed by atoms with Crippen molar-refractivity contribution in [2.24, 2.45) is 15.7 Å². The van der Waals surface area contributed by atoms with Gasteiger partial charge in [-0.2, -0.15) is 0 Å². The third-order valence-corrected chi connectivity index (χ3v) is 6.09. The SMILES string of the molecule is CS/C=C\CC1(c2cccc(-c3cc(Cl)cc(Cl)c3)c2)N=C(N)N2CCCN=C21. The molecule has 2 heterocycles. The Balaban J connectivity index is 1.84. The average Bonchev–Trinajstić information content (AvgIpc) is 3.01. The van der Waals surface area contributed by atoms with Crippen molar-refractivity contribution < 1.29 is 0 Å². The van der Waals surface area contributed by atoms with Crippen molar-refractivity contribution in [3.8, 4) is 11.1 Å². The minimum Gasteiger partial charge on any atom is -0.369 e. The van der Waals surface area contributed by atoms with Gasteiger partial charge in [0.1, 0.15) is 5.84 Å². The lowest BCUT2D eigenvalue weighted by molar-refractivity contribution is 0.511. The van der Waals surface area contributed by atoms with Crippen LogP contribution in [0.15, 0.2) is 63.9 Å². The summed E-state index contributed by atoms with van der Waals surface area (Å²) in [5.41, 5.74) is 8.77. The number of amidine groups is 1. The van der Waals surface area contributed by atoms with Gasteiger partial charge in [-0.05, 0) is 59.0 Å². The van der Waals surface area contributed by atoms with Gasteiger partial charge in [0.05, 0.1) is 0 Å². The van der Waals surface area contributed by atoms with Crippen molar-refractivity contribution in [2.45, 2.75) is 18.4 Å². The Kier molecular flexibility index (Phi) is 5.91. The van der Waals surface area contributed by atoms with E-state index in [1.54, 1.807) is 17.8 Å². The highest BCUT2D eigenvalue weighted by Gasteiger charge is 2.46. The van der Waals surface area contributed by atoms with Crippen molar-refractivity contribution in [3.05, 3.63) is 69.6 Å². The number of hydrogen-bond donors (Lipinski definition) is 1. The molecule has 0 saturated heterocycles. The molecular formula is C22H22Cl2N4S. The molecule has 1 unspecified atom stereocenters. The molecule has 2 aliphatic heterocycles. The highest BCUT2D eigenvalue weighted by atomic mass is 35.5. The van der Waals surface area contributed by atoms with Crippen LogP contribution in [-0.2, 0) is 5.54 Å². The maximum Gasteiger partial charge on any atom is 0.198 e. The Morgan fingerprint density at radius 1 is 1.17 bits per heavy atom. The highest BCUT2D eigenvalue weighted by Crippen LogP contribution is 2.40. The predicted molar refractivity (Wildman–Crippen MR) is 126 cm³/mol. The van der Waals surface area contributed by atoms with Crippen molar-refractivity contribution in [1.82, 2.24) is 4.90 Å². The highest BCUT2D eigenvalue weighted by molar-refractivity contribution is 8.01. The van der Waals surface area contributed by atoms with Crippen molar-refractivity contribution in [2.75, 3.05) is 19.3 Å². The largest absolute Gasteiger partial charge is 0.369 e. The number of aliphatic imine (C=N–C) groups is 2. The van der Waals surface area contributed by atoms with Crippen LogP contribution in [0.2, 0.25) is 10.0 Å². The molecule has 0 aliphatic carbocycles. The van der Waals surface area contributed by atoms with E-state index < -0.39 is 5.54 Å². The minimum atomic E-state index is -0.616. The quantitative estimate of drug-likeness (QED) is 0.656. The van der Waals surface area contributed by atoms with Crippen molar-refractivity contribution in [3.63, 3.8) is 0 Å². The van der Waals surface area contributed by atoms with Gasteiger partial charge in [0, 0.05) is 29.6 Å². The van der Waals surface area contributed by atoms with Crippen LogP contribution < -0.4 is 5.73 Å². The molecule has 29 heavy (non-hydrogen) atoms. The number of guanidine groups is 1. The average molecular weight is 445 g/mol. The molecule has 0 radical (unpaired) electrons. The van der Waals surface area contributed by atoms with Crippen LogP contribution in [0.25, 0.3) is 11.1 Å². The number of nitrogens with two attached hydrogens (primary N) is 1. The van der Waals surface area contributed by atoms with Gasteiger partial charge in [0.25, 0.3) is 0 Å². The molecule has 0 amide bonds. The number of fused-ring (bicyclic) bond motifs is 1. The lowest BCUT2D eigenvalue weighted by Gasteiger charge is -2.32. The van der Waals surface area contributed by atoms with E-state index in [0.29, 0.717) is 22.4 Å². The second-order valence-corrected chi connectivity index (χ2v) is 8.71. The van der Waals surface area contributed by atoms with E-state index in [4.69, 9.17) is 38.9 Å². The van der Waals surface area contributed by atoms with Gasteiger partial charge in [-0.3, -0.25) is 9.89 Å². The summed E-state index contributed by atoms with van der Waals surface area (Å²) in [6.45, 7) is 1.65. The van der Waals surface area contributed by atoms with E-state index in [-0.39, 0.29) is 0 Å². The molecule has 2 aromatic rings. The van der Waals surface area contributed by atoms with Gasteiger partial charge in [-0.15, -0.1) is 11.8 Å². The first-order chi connectivity index (χ1) is 14.0. The minimum absolute atomic E-state index is 0.539. The Hall–Kier alpha value is -1.95. The topological polar surface area (TPSA) is 54.0 Å². The molecule has 0 bridgehead atoms. The first-order valence-electron chi connectivity index (χ1n) is 9.46.